The highest BCUT2D eigenvalue weighted by Crippen LogP contribution is 2.02. The van der Waals surface area contributed by atoms with Crippen LogP contribution in [-0.2, 0) is 12.1 Å². The average molecular weight is 211 g/mol. The van der Waals surface area contributed by atoms with Gasteiger partial charge in [-0.2, -0.15) is 0 Å². The van der Waals surface area contributed by atoms with Gasteiger partial charge < -0.3 is 0 Å². The molecule has 15 heavy (non-hydrogen) atoms. The molecule has 0 spiro atoms. The Balaban J connectivity index is 1.81. The largest absolute Gasteiger partial charge is 0.0622 e. The third-order valence-electron chi connectivity index (χ3n) is 2.45. The maximum absolute atomic E-state index is 2.22. The summed E-state index contributed by atoms with van der Waals surface area (Å²) < 4.78 is 0. The van der Waals surface area contributed by atoms with Gasteiger partial charge in [-0.1, -0.05) is 71.8 Å². The van der Waals surface area contributed by atoms with Crippen LogP contribution in [0.2, 0.25) is 0 Å². The molecule has 0 saturated carbocycles. The van der Waals surface area contributed by atoms with Gasteiger partial charge in [0.15, 0.2) is 0 Å². The lowest BCUT2D eigenvalue weighted by atomic mass is 10.2. The summed E-state index contributed by atoms with van der Waals surface area (Å²) in [4.78, 5) is 0. The molecule has 1 heteroatoms. The Morgan fingerprint density at radius 2 is 1.00 bits per heavy atom. The van der Waals surface area contributed by atoms with Crippen LogP contribution in [0.4, 0.5) is 0 Å². The summed E-state index contributed by atoms with van der Waals surface area (Å²) in [6.07, 6.45) is 0. The third-order valence-corrected chi connectivity index (χ3v) is 3.97. The molecule has 0 fully saturated rings. The minimum Gasteiger partial charge on any atom is -0.0622 e. The van der Waals surface area contributed by atoms with Crippen molar-refractivity contribution in [1.29, 1.82) is 0 Å². The first-order chi connectivity index (χ1) is 7.45. The lowest BCUT2D eigenvalue weighted by Crippen LogP contribution is -2.01. The van der Waals surface area contributed by atoms with Crippen LogP contribution in [0, 0.1) is 0 Å². The monoisotopic (exact) mass is 211 g/mol. The Bertz CT molecular complexity index is 341. The lowest BCUT2D eigenvalue weighted by molar-refractivity contribution is 1.30. The van der Waals surface area contributed by atoms with E-state index in [1.165, 1.54) is 23.2 Å². The first kappa shape index (κ1) is 10.2. The minimum absolute atomic E-state index is 0.501. The highest BCUT2D eigenvalue weighted by molar-refractivity contribution is 6.34. The van der Waals surface area contributed by atoms with Gasteiger partial charge in [-0.3, -0.25) is 0 Å². The van der Waals surface area contributed by atoms with Crippen molar-refractivity contribution in [2.45, 2.75) is 12.1 Å². The van der Waals surface area contributed by atoms with Gasteiger partial charge in [-0.05, 0) is 12.1 Å². The summed E-state index contributed by atoms with van der Waals surface area (Å²) in [6.45, 7) is 0. The Morgan fingerprint density at radius 3 is 1.40 bits per heavy atom. The van der Waals surface area contributed by atoms with E-state index < -0.39 is 0 Å². The summed E-state index contributed by atoms with van der Waals surface area (Å²) in [5.41, 5.74) is 2.95. The molecular weight excluding hydrogens is 196 g/mol. The number of rotatable bonds is 4. The zero-order chi connectivity index (χ0) is 10.3. The van der Waals surface area contributed by atoms with Crippen LogP contribution in [0.25, 0.3) is 0 Å². The second-order valence-electron chi connectivity index (χ2n) is 3.67. The fraction of sp³-hybridized carbons (Fsp3) is 0.143. The van der Waals surface area contributed by atoms with Crippen LogP contribution in [0.15, 0.2) is 60.7 Å². The molecule has 0 aliphatic rings. The molecule has 2 aromatic carbocycles. The minimum atomic E-state index is 0.501. The molecule has 0 amide bonds. The van der Waals surface area contributed by atoms with E-state index in [0.717, 1.165) is 0 Å². The van der Waals surface area contributed by atoms with Gasteiger partial charge in [0.1, 0.15) is 0 Å². The molecule has 0 nitrogen and oxygen atoms in total. The molecule has 1 radical (unpaired) electrons. The summed E-state index contributed by atoms with van der Waals surface area (Å²) in [5.74, 6) is 0. The molecule has 0 aliphatic carbocycles. The molecule has 0 aliphatic heterocycles. The van der Waals surface area contributed by atoms with Crippen LogP contribution in [-0.4, -0.2) is 9.52 Å². The van der Waals surface area contributed by atoms with E-state index in [2.05, 4.69) is 60.7 Å². The average Bonchev–Trinajstić information content (AvgIpc) is 2.32. The van der Waals surface area contributed by atoms with Crippen LogP contribution in [0.5, 0.6) is 0 Å². The Morgan fingerprint density at radius 1 is 0.600 bits per heavy atom. The van der Waals surface area contributed by atoms with Crippen molar-refractivity contribution in [3.63, 3.8) is 0 Å². The summed E-state index contributed by atoms with van der Waals surface area (Å²) in [5, 5.41) is 0. The van der Waals surface area contributed by atoms with E-state index in [0.29, 0.717) is 9.52 Å². The van der Waals surface area contributed by atoms with E-state index in [-0.39, 0.29) is 0 Å². The molecule has 2 rings (SSSR count). The van der Waals surface area contributed by atoms with Crippen molar-refractivity contribution in [3.05, 3.63) is 71.8 Å². The van der Waals surface area contributed by atoms with E-state index in [9.17, 15) is 0 Å². The van der Waals surface area contributed by atoms with Gasteiger partial charge in [-0.25, -0.2) is 0 Å². The highest BCUT2D eigenvalue weighted by atomic mass is 28.2. The standard InChI is InChI=1S/C14H15Si/c1-3-7-13(8-4-1)11-15-12-14-9-5-2-6-10-14/h1-10,15H,11-12H2. The smallest absolute Gasteiger partial charge is 0.0379 e. The SMILES string of the molecule is c1ccc(C[SiH]Cc2ccccc2)cc1. The first-order valence-corrected chi connectivity index (χ1v) is 6.98. The van der Waals surface area contributed by atoms with Crippen molar-refractivity contribution in [2.24, 2.45) is 0 Å². The Kier molecular flexibility index (Phi) is 3.75. The maximum atomic E-state index is 2.22. The van der Waals surface area contributed by atoms with Crippen LogP contribution >= 0.6 is 0 Å². The van der Waals surface area contributed by atoms with E-state index in [1.54, 1.807) is 0 Å². The predicted molar refractivity (Wildman–Crippen MR) is 67.4 cm³/mol. The van der Waals surface area contributed by atoms with Crippen molar-refractivity contribution >= 4 is 9.52 Å². The number of hydrogen-bond donors (Lipinski definition) is 0. The van der Waals surface area contributed by atoms with Gasteiger partial charge in [-0.15, -0.1) is 0 Å². The van der Waals surface area contributed by atoms with Gasteiger partial charge in [0.25, 0.3) is 0 Å². The molecule has 0 N–H and O–H groups in total. The molecule has 2 aromatic rings. The molecular formula is C14H15Si. The van der Waals surface area contributed by atoms with Crippen LogP contribution < -0.4 is 0 Å². The van der Waals surface area contributed by atoms with Gasteiger partial charge in [0.2, 0.25) is 0 Å². The molecule has 0 bridgehead atoms. The Hall–Kier alpha value is -1.34. The molecule has 0 heterocycles. The van der Waals surface area contributed by atoms with Crippen molar-refractivity contribution in [2.75, 3.05) is 0 Å². The fourth-order valence-corrected chi connectivity index (χ4v) is 2.99. The van der Waals surface area contributed by atoms with Crippen molar-refractivity contribution < 1.29 is 0 Å². The number of benzene rings is 2. The van der Waals surface area contributed by atoms with Crippen molar-refractivity contribution in [1.82, 2.24) is 0 Å². The summed E-state index contributed by atoms with van der Waals surface area (Å²) in [6, 6.07) is 24.0. The first-order valence-electron chi connectivity index (χ1n) is 5.34. The molecule has 0 saturated heterocycles. The fourth-order valence-electron chi connectivity index (χ4n) is 1.63. The second-order valence-corrected chi connectivity index (χ2v) is 5.06. The molecule has 0 aromatic heterocycles. The second kappa shape index (κ2) is 5.52. The predicted octanol–water partition coefficient (Wildman–Crippen LogP) is 2.82. The van der Waals surface area contributed by atoms with Crippen molar-refractivity contribution in [3.8, 4) is 0 Å². The van der Waals surface area contributed by atoms with Gasteiger partial charge >= 0.3 is 0 Å². The van der Waals surface area contributed by atoms with Crippen LogP contribution in [0.3, 0.4) is 0 Å². The van der Waals surface area contributed by atoms with Crippen LogP contribution in [0.1, 0.15) is 11.1 Å². The van der Waals surface area contributed by atoms with E-state index in [4.69, 9.17) is 0 Å². The normalized spacial score (nSPS) is 10.1. The summed E-state index contributed by atoms with van der Waals surface area (Å²) >= 11 is 0. The topological polar surface area (TPSA) is 0 Å². The van der Waals surface area contributed by atoms with E-state index in [1.807, 2.05) is 0 Å². The zero-order valence-corrected chi connectivity index (χ0v) is 9.92. The quantitative estimate of drug-likeness (QED) is 0.682. The summed E-state index contributed by atoms with van der Waals surface area (Å²) in [7, 11) is 0.501. The zero-order valence-electron chi connectivity index (χ0n) is 8.77. The molecule has 75 valence electrons. The van der Waals surface area contributed by atoms with Gasteiger partial charge in [0, 0.05) is 9.52 Å². The van der Waals surface area contributed by atoms with E-state index >= 15 is 0 Å². The third kappa shape index (κ3) is 3.37. The lowest BCUT2D eigenvalue weighted by Gasteiger charge is -2.00. The Labute approximate surface area is 93.8 Å². The maximum Gasteiger partial charge on any atom is 0.0379 e. The molecule has 0 unspecified atom stereocenters. The number of hydrogen-bond acceptors (Lipinski definition) is 0. The highest BCUT2D eigenvalue weighted by Gasteiger charge is 1.94. The van der Waals surface area contributed by atoms with Gasteiger partial charge in [0.05, 0.1) is 0 Å². The molecule has 0 atom stereocenters.